The molecule has 1 saturated heterocycles. The molecule has 4 rings (SSSR count). The van der Waals surface area contributed by atoms with E-state index in [1.807, 2.05) is 37.3 Å². The number of carbonyl (C=O) groups is 1. The fourth-order valence-corrected chi connectivity index (χ4v) is 4.92. The van der Waals surface area contributed by atoms with Crippen molar-refractivity contribution in [2.24, 2.45) is 11.3 Å². The molecule has 1 saturated carbocycles. The van der Waals surface area contributed by atoms with Crippen LogP contribution in [0.25, 0.3) is 0 Å². The summed E-state index contributed by atoms with van der Waals surface area (Å²) in [6.07, 6.45) is 3.87. The molecule has 1 unspecified atom stereocenters. The number of nitrogens with zero attached hydrogens (tertiary/aromatic N) is 1. The highest BCUT2D eigenvalue weighted by Crippen LogP contribution is 2.59. The number of methoxy groups -OCH3 is 1. The van der Waals surface area contributed by atoms with Gasteiger partial charge in [0.25, 0.3) is 0 Å². The van der Waals surface area contributed by atoms with Crippen molar-refractivity contribution in [3.8, 4) is 17.2 Å². The summed E-state index contributed by atoms with van der Waals surface area (Å²) in [6.45, 7) is 5.71. The van der Waals surface area contributed by atoms with Gasteiger partial charge in [-0.25, -0.2) is 0 Å². The van der Waals surface area contributed by atoms with Crippen LogP contribution in [0.1, 0.15) is 37.3 Å². The van der Waals surface area contributed by atoms with Crippen LogP contribution in [0.4, 0.5) is 0 Å². The molecule has 0 aromatic heterocycles. The number of ether oxygens (including phenoxy) is 2. The van der Waals surface area contributed by atoms with E-state index in [0.717, 1.165) is 50.1 Å². The lowest BCUT2D eigenvalue weighted by Gasteiger charge is -2.33. The second-order valence-electron chi connectivity index (χ2n) is 8.98. The smallest absolute Gasteiger partial charge is 0.223 e. The average Bonchev–Trinajstić information content (AvgIpc) is 3.52. The molecule has 1 aliphatic heterocycles. The Balaban J connectivity index is 1.22. The van der Waals surface area contributed by atoms with Crippen molar-refractivity contribution in [1.82, 2.24) is 10.2 Å². The van der Waals surface area contributed by atoms with Gasteiger partial charge in [-0.2, -0.15) is 0 Å². The fraction of sp³-hybridized carbons (Fsp3) is 0.500. The summed E-state index contributed by atoms with van der Waals surface area (Å²) < 4.78 is 10.8. The molecule has 32 heavy (non-hydrogen) atoms. The van der Waals surface area contributed by atoms with E-state index < -0.39 is 0 Å². The van der Waals surface area contributed by atoms with Crippen molar-refractivity contribution in [2.75, 3.05) is 33.4 Å². The number of benzene rings is 2. The first-order valence-corrected chi connectivity index (χ1v) is 11.6. The number of carbonyl (C=O) groups excluding carboxylic acids is 1. The Morgan fingerprint density at radius 2 is 2.00 bits per heavy atom. The molecule has 1 spiro atoms. The van der Waals surface area contributed by atoms with E-state index in [2.05, 4.69) is 16.3 Å². The van der Waals surface area contributed by atoms with Gasteiger partial charge in [0.2, 0.25) is 5.91 Å². The molecule has 2 aromatic carbocycles. The number of nitrogens with one attached hydrogen (secondary N) is 1. The number of amides is 1. The topological polar surface area (TPSA) is 71.0 Å². The van der Waals surface area contributed by atoms with Crippen LogP contribution in [0.3, 0.4) is 0 Å². The second-order valence-corrected chi connectivity index (χ2v) is 8.98. The van der Waals surface area contributed by atoms with E-state index in [0.29, 0.717) is 25.4 Å². The molecule has 2 aliphatic rings. The first-order valence-electron chi connectivity index (χ1n) is 11.6. The predicted molar refractivity (Wildman–Crippen MR) is 124 cm³/mol. The Morgan fingerprint density at radius 3 is 2.75 bits per heavy atom. The van der Waals surface area contributed by atoms with E-state index >= 15 is 0 Å². The van der Waals surface area contributed by atoms with Crippen molar-refractivity contribution < 1.29 is 19.4 Å². The third-order valence-corrected chi connectivity index (χ3v) is 6.98. The largest absolute Gasteiger partial charge is 0.504 e. The lowest BCUT2D eigenvalue weighted by Crippen LogP contribution is -2.37. The summed E-state index contributed by atoms with van der Waals surface area (Å²) in [4.78, 5) is 15.1. The van der Waals surface area contributed by atoms with Gasteiger partial charge >= 0.3 is 0 Å². The predicted octanol–water partition coefficient (Wildman–Crippen LogP) is 3.76. The van der Waals surface area contributed by atoms with Gasteiger partial charge in [-0.15, -0.1) is 0 Å². The lowest BCUT2D eigenvalue weighted by atomic mass is 9.90. The molecule has 6 nitrogen and oxygen atoms in total. The van der Waals surface area contributed by atoms with Crippen molar-refractivity contribution in [3.05, 3.63) is 53.6 Å². The third-order valence-electron chi connectivity index (χ3n) is 6.98. The highest BCUT2D eigenvalue weighted by molar-refractivity contribution is 5.82. The van der Waals surface area contributed by atoms with Crippen LogP contribution in [0.2, 0.25) is 0 Å². The van der Waals surface area contributed by atoms with Crippen molar-refractivity contribution in [3.63, 3.8) is 0 Å². The fourth-order valence-electron chi connectivity index (χ4n) is 4.92. The molecule has 0 bridgehead atoms. The van der Waals surface area contributed by atoms with Crippen LogP contribution in [-0.4, -0.2) is 49.3 Å². The zero-order valence-corrected chi connectivity index (χ0v) is 19.1. The number of hydrogen-bond donors (Lipinski definition) is 2. The SMILES string of the molecule is CCOc1cccc(CN2CCC3(CC2)CC3C(=O)NCCc2cccc(OC)c2)c1O. The van der Waals surface area contributed by atoms with Gasteiger partial charge in [-0.05, 0) is 74.9 Å². The van der Waals surface area contributed by atoms with Gasteiger partial charge in [0.05, 0.1) is 13.7 Å². The Morgan fingerprint density at radius 1 is 1.22 bits per heavy atom. The number of rotatable bonds is 9. The van der Waals surface area contributed by atoms with Gasteiger partial charge in [-0.1, -0.05) is 24.3 Å². The minimum absolute atomic E-state index is 0.143. The first kappa shape index (κ1) is 22.5. The maximum Gasteiger partial charge on any atom is 0.223 e. The van der Waals surface area contributed by atoms with Crippen molar-refractivity contribution >= 4 is 5.91 Å². The molecular weight excluding hydrogens is 404 g/mol. The van der Waals surface area contributed by atoms with Gasteiger partial charge < -0.3 is 19.9 Å². The Kier molecular flexibility index (Phi) is 6.89. The molecular formula is C26H34N2O4. The zero-order chi connectivity index (χ0) is 22.6. The van der Waals surface area contributed by atoms with Crippen molar-refractivity contribution in [2.45, 2.75) is 39.2 Å². The van der Waals surface area contributed by atoms with E-state index in [4.69, 9.17) is 9.47 Å². The van der Waals surface area contributed by atoms with E-state index in [1.165, 1.54) is 5.56 Å². The second kappa shape index (κ2) is 9.82. The number of aromatic hydroxyl groups is 1. The van der Waals surface area contributed by atoms with Crippen LogP contribution in [-0.2, 0) is 17.8 Å². The third kappa shape index (κ3) is 5.01. The van der Waals surface area contributed by atoms with E-state index in [-0.39, 0.29) is 23.0 Å². The minimum atomic E-state index is 0.143. The number of para-hydroxylation sites is 1. The molecule has 6 heteroatoms. The molecule has 1 heterocycles. The molecule has 0 radical (unpaired) electrons. The number of hydrogen-bond acceptors (Lipinski definition) is 5. The molecule has 1 atom stereocenters. The molecule has 1 aliphatic carbocycles. The summed E-state index contributed by atoms with van der Waals surface area (Å²) >= 11 is 0. The lowest BCUT2D eigenvalue weighted by molar-refractivity contribution is -0.123. The number of piperidine rings is 1. The summed E-state index contributed by atoms with van der Waals surface area (Å²) in [5, 5.41) is 13.6. The quantitative estimate of drug-likeness (QED) is 0.624. The van der Waals surface area contributed by atoms with Crippen LogP contribution < -0.4 is 14.8 Å². The number of likely N-dealkylation sites (tertiary alicyclic amines) is 1. The molecule has 2 N–H and O–H groups in total. The van der Waals surface area contributed by atoms with Gasteiger partial charge in [0, 0.05) is 24.6 Å². The monoisotopic (exact) mass is 438 g/mol. The standard InChI is InChI=1S/C26H34N2O4/c1-3-32-23-9-5-7-20(24(23)29)18-28-14-11-26(12-15-28)17-22(26)25(30)27-13-10-19-6-4-8-21(16-19)31-2/h4-9,16,22,29H,3,10-15,17-18H2,1-2H3,(H,27,30). The van der Waals surface area contributed by atoms with Crippen LogP contribution in [0.5, 0.6) is 17.2 Å². The number of phenols is 1. The Hall–Kier alpha value is -2.73. The normalized spacial score (nSPS) is 19.5. The molecule has 2 aromatic rings. The summed E-state index contributed by atoms with van der Waals surface area (Å²) in [5.41, 5.74) is 2.24. The first-order chi connectivity index (χ1) is 15.5. The van der Waals surface area contributed by atoms with Crippen LogP contribution >= 0.6 is 0 Å². The maximum atomic E-state index is 12.7. The molecule has 172 valence electrons. The van der Waals surface area contributed by atoms with Gasteiger partial charge in [0.1, 0.15) is 5.75 Å². The zero-order valence-electron chi connectivity index (χ0n) is 19.1. The summed E-state index contributed by atoms with van der Waals surface area (Å²) in [7, 11) is 1.67. The average molecular weight is 439 g/mol. The van der Waals surface area contributed by atoms with Crippen molar-refractivity contribution in [1.29, 1.82) is 0 Å². The molecule has 1 amide bonds. The van der Waals surface area contributed by atoms with Crippen LogP contribution in [0, 0.1) is 11.3 Å². The summed E-state index contributed by atoms with van der Waals surface area (Å²) in [5.74, 6) is 1.98. The highest BCUT2D eigenvalue weighted by atomic mass is 16.5. The van der Waals surface area contributed by atoms with Crippen LogP contribution in [0.15, 0.2) is 42.5 Å². The van der Waals surface area contributed by atoms with Gasteiger partial charge in [-0.3, -0.25) is 9.69 Å². The maximum absolute atomic E-state index is 12.7. The molecule has 2 fully saturated rings. The number of phenolic OH excluding ortho intramolecular Hbond substituents is 1. The summed E-state index contributed by atoms with van der Waals surface area (Å²) in [6, 6.07) is 13.7. The Bertz CT molecular complexity index is 937. The van der Waals surface area contributed by atoms with Gasteiger partial charge in [0.15, 0.2) is 11.5 Å². The minimum Gasteiger partial charge on any atom is -0.504 e. The Labute approximate surface area is 190 Å². The highest BCUT2D eigenvalue weighted by Gasteiger charge is 2.58. The van der Waals surface area contributed by atoms with E-state index in [1.54, 1.807) is 13.2 Å². The van der Waals surface area contributed by atoms with E-state index in [9.17, 15) is 9.90 Å².